The molecule has 0 saturated heterocycles. The van der Waals surface area contributed by atoms with Gasteiger partial charge in [0.2, 0.25) is 5.69 Å². The van der Waals surface area contributed by atoms with Crippen LogP contribution in [-0.2, 0) is 9.53 Å². The molecule has 2 aromatic heterocycles. The summed E-state index contributed by atoms with van der Waals surface area (Å²) in [7, 11) is 1.43. The second-order valence-electron chi connectivity index (χ2n) is 5.24. The summed E-state index contributed by atoms with van der Waals surface area (Å²) in [6, 6.07) is 9.26. The molecule has 0 aliphatic heterocycles. The number of esters is 1. The smallest absolute Gasteiger partial charge is 0.363 e. The summed E-state index contributed by atoms with van der Waals surface area (Å²) in [6.45, 7) is 1.38. The van der Waals surface area contributed by atoms with E-state index in [1.807, 2.05) is 42.6 Å². The lowest BCUT2D eigenvalue weighted by Gasteiger charge is -2.04. The van der Waals surface area contributed by atoms with Gasteiger partial charge < -0.3 is 9.47 Å². The topological polar surface area (TPSA) is 95.3 Å². The predicted molar refractivity (Wildman–Crippen MR) is 95.9 cm³/mol. The number of nitrogens with zero attached hydrogens (tertiary/aromatic N) is 3. The molecule has 0 spiro atoms. The third kappa shape index (κ3) is 4.06. The van der Waals surface area contributed by atoms with Crippen molar-refractivity contribution in [3.8, 4) is 11.4 Å². The third-order valence-electron chi connectivity index (χ3n) is 3.31. The van der Waals surface area contributed by atoms with Crippen molar-refractivity contribution in [3.05, 3.63) is 53.3 Å². The fraction of sp³-hybridized carbons (Fsp3) is 0.176. The summed E-state index contributed by atoms with van der Waals surface area (Å²) in [5.41, 5.74) is 1.56. The van der Waals surface area contributed by atoms with Gasteiger partial charge in [0.05, 0.1) is 24.7 Å². The van der Waals surface area contributed by atoms with Gasteiger partial charge in [-0.15, -0.1) is 11.3 Å². The average Bonchev–Trinajstić information content (AvgIpc) is 3.26. The van der Waals surface area contributed by atoms with E-state index in [9.17, 15) is 9.59 Å². The number of thiazole rings is 1. The molecule has 1 N–H and O–H groups in total. The Bertz CT molecular complexity index is 920. The van der Waals surface area contributed by atoms with Crippen LogP contribution in [0, 0.1) is 6.92 Å². The maximum atomic E-state index is 12.3. The van der Waals surface area contributed by atoms with Crippen LogP contribution in [0.4, 0.5) is 5.13 Å². The number of anilines is 1. The quantitative estimate of drug-likeness (QED) is 0.668. The number of para-hydroxylation sites is 1. The fourth-order valence-electron chi connectivity index (χ4n) is 2.13. The van der Waals surface area contributed by atoms with Crippen molar-refractivity contribution in [1.82, 2.24) is 14.8 Å². The monoisotopic (exact) mass is 372 g/mol. The molecule has 8 nitrogen and oxygen atoms in total. The van der Waals surface area contributed by atoms with Gasteiger partial charge in [0, 0.05) is 5.38 Å². The largest absolute Gasteiger partial charge is 0.493 e. The van der Waals surface area contributed by atoms with Crippen LogP contribution in [0.2, 0.25) is 0 Å². The molecule has 0 aliphatic rings. The van der Waals surface area contributed by atoms with Crippen LogP contribution in [0.15, 0.2) is 41.9 Å². The lowest BCUT2D eigenvalue weighted by molar-refractivity contribution is -0.119. The fourth-order valence-corrected chi connectivity index (χ4v) is 2.83. The molecule has 0 bridgehead atoms. The van der Waals surface area contributed by atoms with Crippen LogP contribution in [0.25, 0.3) is 5.69 Å². The number of carbonyl (C=O) groups is 2. The molecule has 0 atom stereocenters. The predicted octanol–water partition coefficient (Wildman–Crippen LogP) is 2.44. The van der Waals surface area contributed by atoms with Crippen LogP contribution < -0.4 is 10.1 Å². The van der Waals surface area contributed by atoms with Gasteiger partial charge in [0.1, 0.15) is 0 Å². The van der Waals surface area contributed by atoms with Gasteiger partial charge in [-0.1, -0.05) is 18.2 Å². The SMILES string of the molecule is COc1cn(-c2ccccc2)nc1C(=O)OCC(=O)Nc1nc(C)cs1. The Labute approximate surface area is 153 Å². The molecule has 0 radical (unpaired) electrons. The van der Waals surface area contributed by atoms with Crippen molar-refractivity contribution in [2.24, 2.45) is 0 Å². The number of nitrogens with one attached hydrogen (secondary N) is 1. The van der Waals surface area contributed by atoms with Crippen LogP contribution in [0.3, 0.4) is 0 Å². The molecule has 0 unspecified atom stereocenters. The van der Waals surface area contributed by atoms with E-state index >= 15 is 0 Å². The number of hydrogen-bond donors (Lipinski definition) is 1. The summed E-state index contributed by atoms with van der Waals surface area (Å²) in [5.74, 6) is -0.967. The van der Waals surface area contributed by atoms with E-state index in [1.54, 1.807) is 6.20 Å². The van der Waals surface area contributed by atoms with Crippen LogP contribution in [-0.4, -0.2) is 40.4 Å². The highest BCUT2D eigenvalue weighted by molar-refractivity contribution is 7.13. The molecule has 0 saturated carbocycles. The van der Waals surface area contributed by atoms with E-state index in [0.29, 0.717) is 5.13 Å². The second-order valence-corrected chi connectivity index (χ2v) is 6.10. The van der Waals surface area contributed by atoms with E-state index in [2.05, 4.69) is 15.4 Å². The Morgan fingerprint density at radius 2 is 2.04 bits per heavy atom. The second kappa shape index (κ2) is 7.79. The Balaban J connectivity index is 1.65. The normalized spacial score (nSPS) is 10.4. The summed E-state index contributed by atoms with van der Waals surface area (Å²) < 4.78 is 11.7. The van der Waals surface area contributed by atoms with Crippen molar-refractivity contribution in [2.75, 3.05) is 19.0 Å². The first-order valence-electron chi connectivity index (χ1n) is 7.65. The Morgan fingerprint density at radius 1 is 1.27 bits per heavy atom. The zero-order valence-electron chi connectivity index (χ0n) is 14.1. The molecule has 2 heterocycles. The van der Waals surface area contributed by atoms with Crippen LogP contribution >= 0.6 is 11.3 Å². The van der Waals surface area contributed by atoms with Crippen molar-refractivity contribution in [3.63, 3.8) is 0 Å². The number of aromatic nitrogens is 3. The van der Waals surface area contributed by atoms with Crippen molar-refractivity contribution in [2.45, 2.75) is 6.92 Å². The van der Waals surface area contributed by atoms with Gasteiger partial charge >= 0.3 is 5.97 Å². The molecule has 0 fully saturated rings. The minimum atomic E-state index is -0.748. The summed E-state index contributed by atoms with van der Waals surface area (Å²) in [4.78, 5) is 28.2. The highest BCUT2D eigenvalue weighted by atomic mass is 32.1. The first-order valence-corrected chi connectivity index (χ1v) is 8.53. The molecule has 134 valence electrons. The number of methoxy groups -OCH3 is 1. The number of hydrogen-bond acceptors (Lipinski definition) is 7. The van der Waals surface area contributed by atoms with E-state index in [-0.39, 0.29) is 11.4 Å². The van der Waals surface area contributed by atoms with E-state index in [4.69, 9.17) is 9.47 Å². The summed E-state index contributed by atoms with van der Waals surface area (Å²) >= 11 is 1.30. The van der Waals surface area contributed by atoms with Crippen LogP contribution in [0.1, 0.15) is 16.2 Å². The van der Waals surface area contributed by atoms with Crippen molar-refractivity contribution >= 4 is 28.3 Å². The Kier molecular flexibility index (Phi) is 5.28. The van der Waals surface area contributed by atoms with Crippen molar-refractivity contribution < 1.29 is 19.1 Å². The highest BCUT2D eigenvalue weighted by Crippen LogP contribution is 2.20. The van der Waals surface area contributed by atoms with Crippen molar-refractivity contribution in [1.29, 1.82) is 0 Å². The molecule has 3 rings (SSSR count). The zero-order valence-corrected chi connectivity index (χ0v) is 14.9. The lowest BCUT2D eigenvalue weighted by Crippen LogP contribution is -2.21. The maximum absolute atomic E-state index is 12.3. The molecule has 1 amide bonds. The maximum Gasteiger partial charge on any atom is 0.363 e. The molecule has 1 aromatic carbocycles. The molecule has 9 heteroatoms. The molecule has 26 heavy (non-hydrogen) atoms. The number of rotatable bonds is 6. The Morgan fingerprint density at radius 3 is 2.69 bits per heavy atom. The van der Waals surface area contributed by atoms with Gasteiger partial charge in [-0.25, -0.2) is 14.5 Å². The van der Waals surface area contributed by atoms with E-state index in [0.717, 1.165) is 11.4 Å². The molecule has 0 aliphatic carbocycles. The average molecular weight is 372 g/mol. The Hall–Kier alpha value is -3.20. The minimum Gasteiger partial charge on any atom is -0.493 e. The number of aryl methyl sites for hydroxylation is 1. The van der Waals surface area contributed by atoms with Gasteiger partial charge in [-0.05, 0) is 19.1 Å². The number of carbonyl (C=O) groups excluding carboxylic acids is 2. The minimum absolute atomic E-state index is 0.00533. The van der Waals surface area contributed by atoms with E-state index < -0.39 is 18.5 Å². The highest BCUT2D eigenvalue weighted by Gasteiger charge is 2.21. The van der Waals surface area contributed by atoms with Gasteiger partial charge in [0.25, 0.3) is 5.91 Å². The zero-order chi connectivity index (χ0) is 18.5. The summed E-state index contributed by atoms with van der Waals surface area (Å²) in [6.07, 6.45) is 1.57. The first-order chi connectivity index (χ1) is 12.6. The first kappa shape index (κ1) is 17.6. The van der Waals surface area contributed by atoms with Gasteiger partial charge in [-0.3, -0.25) is 10.1 Å². The lowest BCUT2D eigenvalue weighted by atomic mass is 10.3. The van der Waals surface area contributed by atoms with Crippen LogP contribution in [0.5, 0.6) is 5.75 Å². The third-order valence-corrected chi connectivity index (χ3v) is 4.19. The van der Waals surface area contributed by atoms with E-state index in [1.165, 1.54) is 23.1 Å². The number of benzene rings is 1. The standard InChI is InChI=1S/C17H16N4O4S/c1-11-10-26-17(18-11)19-14(22)9-25-16(23)15-13(24-2)8-21(20-15)12-6-4-3-5-7-12/h3-8,10H,9H2,1-2H3,(H,18,19,22). The summed E-state index contributed by atoms with van der Waals surface area (Å²) in [5, 5.41) is 9.02. The van der Waals surface area contributed by atoms with Gasteiger partial charge in [0.15, 0.2) is 17.5 Å². The number of amides is 1. The molecule has 3 aromatic rings. The molecular formula is C17H16N4O4S. The number of ether oxygens (including phenoxy) is 2. The molecular weight excluding hydrogens is 356 g/mol. The van der Waals surface area contributed by atoms with Gasteiger partial charge in [-0.2, -0.15) is 5.10 Å².